The van der Waals surface area contributed by atoms with Crippen molar-refractivity contribution in [2.45, 2.75) is 57.9 Å². The molecule has 1 atom stereocenters. The molecule has 0 radical (unpaired) electrons. The molecule has 0 spiro atoms. The van der Waals surface area contributed by atoms with Crippen LogP contribution < -0.4 is 4.90 Å². The Morgan fingerprint density at radius 1 is 1.29 bits per heavy atom. The summed E-state index contributed by atoms with van der Waals surface area (Å²) in [5.74, 6) is -0.0640. The molecular weight excluding hydrogens is 392 g/mol. The van der Waals surface area contributed by atoms with E-state index >= 15 is 0 Å². The molecule has 1 unspecified atom stereocenters. The summed E-state index contributed by atoms with van der Waals surface area (Å²) in [6.45, 7) is 8.41. The number of anilines is 1. The van der Waals surface area contributed by atoms with E-state index in [0.717, 1.165) is 24.8 Å². The molecule has 7 heteroatoms. The first-order chi connectivity index (χ1) is 11.2. The summed E-state index contributed by atoms with van der Waals surface area (Å²) < 4.78 is 28.3. The van der Waals surface area contributed by atoms with Gasteiger partial charge in [0.2, 0.25) is 15.9 Å². The van der Waals surface area contributed by atoms with E-state index in [-0.39, 0.29) is 16.8 Å². The SMILES string of the molecule is CCCN(CCC)S(=O)(=O)c1cc2c(cc1Br)CC(C)N2C(C)=O. The van der Waals surface area contributed by atoms with E-state index < -0.39 is 10.0 Å². The van der Waals surface area contributed by atoms with E-state index in [9.17, 15) is 13.2 Å². The van der Waals surface area contributed by atoms with Crippen molar-refractivity contribution in [3.63, 3.8) is 0 Å². The largest absolute Gasteiger partial charge is 0.309 e. The Morgan fingerprint density at radius 2 is 1.88 bits per heavy atom. The van der Waals surface area contributed by atoms with Gasteiger partial charge in [0.25, 0.3) is 0 Å². The fraction of sp³-hybridized carbons (Fsp3) is 0.588. The van der Waals surface area contributed by atoms with Crippen LogP contribution in [0.4, 0.5) is 5.69 Å². The molecule has 1 aliphatic rings. The molecule has 24 heavy (non-hydrogen) atoms. The molecular formula is C17H25BrN2O3S. The molecule has 0 N–H and O–H groups in total. The number of nitrogens with zero attached hydrogens (tertiary/aromatic N) is 2. The van der Waals surface area contributed by atoms with Crippen LogP contribution in [0.2, 0.25) is 0 Å². The Kier molecular flexibility index (Phi) is 6.09. The number of hydrogen-bond acceptors (Lipinski definition) is 3. The molecule has 1 aliphatic heterocycles. The lowest BCUT2D eigenvalue weighted by molar-refractivity contribution is -0.116. The van der Waals surface area contributed by atoms with Gasteiger partial charge < -0.3 is 4.90 Å². The van der Waals surface area contributed by atoms with Gasteiger partial charge in [0.05, 0.1) is 4.90 Å². The smallest absolute Gasteiger partial charge is 0.244 e. The Bertz CT molecular complexity index is 728. The van der Waals surface area contributed by atoms with Gasteiger partial charge in [0.15, 0.2) is 0 Å². The molecule has 0 saturated heterocycles. The highest BCUT2D eigenvalue weighted by Crippen LogP contribution is 2.38. The first-order valence-electron chi connectivity index (χ1n) is 8.36. The van der Waals surface area contributed by atoms with Crippen molar-refractivity contribution in [1.29, 1.82) is 0 Å². The minimum atomic E-state index is -3.60. The van der Waals surface area contributed by atoms with E-state index in [2.05, 4.69) is 15.9 Å². The van der Waals surface area contributed by atoms with Crippen molar-refractivity contribution in [2.75, 3.05) is 18.0 Å². The van der Waals surface area contributed by atoms with Crippen molar-refractivity contribution in [1.82, 2.24) is 4.31 Å². The topological polar surface area (TPSA) is 57.7 Å². The van der Waals surface area contributed by atoms with E-state index in [1.165, 1.54) is 11.2 Å². The Morgan fingerprint density at radius 3 is 2.38 bits per heavy atom. The van der Waals surface area contributed by atoms with Crippen molar-refractivity contribution >= 4 is 37.5 Å². The third-order valence-corrected chi connectivity index (χ3v) is 7.11. The van der Waals surface area contributed by atoms with Gasteiger partial charge in [-0.2, -0.15) is 4.31 Å². The number of fused-ring (bicyclic) bond motifs is 1. The van der Waals surface area contributed by atoms with E-state index in [0.29, 0.717) is 23.2 Å². The molecule has 0 aliphatic carbocycles. The number of benzene rings is 1. The highest BCUT2D eigenvalue weighted by Gasteiger charge is 2.33. The van der Waals surface area contributed by atoms with Crippen molar-refractivity contribution < 1.29 is 13.2 Å². The molecule has 0 bridgehead atoms. The van der Waals surface area contributed by atoms with Crippen molar-refractivity contribution in [2.24, 2.45) is 0 Å². The van der Waals surface area contributed by atoms with E-state index in [1.54, 1.807) is 11.0 Å². The number of halogens is 1. The van der Waals surface area contributed by atoms with Crippen LogP contribution in [0.5, 0.6) is 0 Å². The van der Waals surface area contributed by atoms with Crippen LogP contribution in [0.25, 0.3) is 0 Å². The van der Waals surface area contributed by atoms with Gasteiger partial charge in [-0.25, -0.2) is 8.42 Å². The van der Waals surface area contributed by atoms with Crippen LogP contribution >= 0.6 is 15.9 Å². The third kappa shape index (κ3) is 3.53. The third-order valence-electron chi connectivity index (χ3n) is 4.25. The molecule has 0 fully saturated rings. The van der Waals surface area contributed by atoms with Crippen LogP contribution in [0.3, 0.4) is 0 Å². The second-order valence-electron chi connectivity index (χ2n) is 6.26. The lowest BCUT2D eigenvalue weighted by atomic mass is 10.1. The molecule has 1 heterocycles. The maximum atomic E-state index is 13.1. The Balaban J connectivity index is 2.54. The summed E-state index contributed by atoms with van der Waals surface area (Å²) in [6.07, 6.45) is 2.26. The van der Waals surface area contributed by atoms with Gasteiger partial charge in [-0.1, -0.05) is 13.8 Å². The first-order valence-corrected chi connectivity index (χ1v) is 10.6. The molecule has 1 aromatic carbocycles. The van der Waals surface area contributed by atoms with Gasteiger partial charge in [-0.05, 0) is 59.8 Å². The summed E-state index contributed by atoms with van der Waals surface area (Å²) in [4.78, 5) is 13.9. The summed E-state index contributed by atoms with van der Waals surface area (Å²) in [7, 11) is -3.60. The number of carbonyl (C=O) groups excluding carboxylic acids is 1. The predicted molar refractivity (Wildman–Crippen MR) is 99.8 cm³/mol. The van der Waals surface area contributed by atoms with Crippen LogP contribution in [-0.2, 0) is 21.2 Å². The average molecular weight is 417 g/mol. The maximum absolute atomic E-state index is 13.1. The van der Waals surface area contributed by atoms with Crippen LogP contribution in [0.1, 0.15) is 46.1 Å². The number of hydrogen-bond donors (Lipinski definition) is 0. The van der Waals surface area contributed by atoms with Crippen LogP contribution in [-0.4, -0.2) is 37.8 Å². The highest BCUT2D eigenvalue weighted by molar-refractivity contribution is 9.10. The van der Waals surface area contributed by atoms with E-state index in [4.69, 9.17) is 0 Å². The number of sulfonamides is 1. The highest BCUT2D eigenvalue weighted by atomic mass is 79.9. The lowest BCUT2D eigenvalue weighted by Crippen LogP contribution is -2.34. The second kappa shape index (κ2) is 7.54. The fourth-order valence-electron chi connectivity index (χ4n) is 3.29. The van der Waals surface area contributed by atoms with Gasteiger partial charge in [-0.3, -0.25) is 4.79 Å². The van der Waals surface area contributed by atoms with Crippen molar-refractivity contribution in [3.8, 4) is 0 Å². The average Bonchev–Trinajstić information content (AvgIpc) is 2.80. The zero-order valence-corrected chi connectivity index (χ0v) is 17.1. The van der Waals surface area contributed by atoms with Gasteiger partial charge >= 0.3 is 0 Å². The summed E-state index contributed by atoms with van der Waals surface area (Å²) >= 11 is 3.42. The molecule has 1 amide bonds. The lowest BCUT2D eigenvalue weighted by Gasteiger charge is -2.24. The second-order valence-corrected chi connectivity index (χ2v) is 9.02. The molecule has 5 nitrogen and oxygen atoms in total. The molecule has 0 aromatic heterocycles. The number of carbonyl (C=O) groups is 1. The zero-order valence-electron chi connectivity index (χ0n) is 14.7. The minimum Gasteiger partial charge on any atom is -0.309 e. The minimum absolute atomic E-state index is 0.0461. The number of amides is 1. The van der Waals surface area contributed by atoms with Gasteiger partial charge in [0.1, 0.15) is 0 Å². The molecule has 0 saturated carbocycles. The number of rotatable bonds is 6. The molecule has 134 valence electrons. The molecule has 1 aromatic rings. The normalized spacial score (nSPS) is 17.4. The van der Waals surface area contributed by atoms with Crippen LogP contribution in [0.15, 0.2) is 21.5 Å². The summed E-state index contributed by atoms with van der Waals surface area (Å²) in [5, 5.41) is 0. The summed E-state index contributed by atoms with van der Waals surface area (Å²) in [6, 6.07) is 3.54. The monoisotopic (exact) mass is 416 g/mol. The fourth-order valence-corrected chi connectivity index (χ4v) is 5.98. The Labute approximate surface area is 153 Å². The maximum Gasteiger partial charge on any atom is 0.244 e. The molecule has 2 rings (SSSR count). The Hall–Kier alpha value is -0.920. The summed E-state index contributed by atoms with van der Waals surface area (Å²) in [5.41, 5.74) is 1.71. The van der Waals surface area contributed by atoms with Crippen molar-refractivity contribution in [3.05, 3.63) is 22.2 Å². The van der Waals surface area contributed by atoms with Crippen LogP contribution in [0, 0.1) is 0 Å². The zero-order chi connectivity index (χ0) is 18.1. The standard InChI is InChI=1S/C17H25BrN2O3S/c1-5-7-19(8-6-2)24(22,23)17-11-16-14(10-15(17)18)9-12(3)20(16)13(4)21/h10-12H,5-9H2,1-4H3. The van der Waals surface area contributed by atoms with Gasteiger partial charge in [-0.15, -0.1) is 0 Å². The van der Waals surface area contributed by atoms with E-state index in [1.807, 2.05) is 26.8 Å². The predicted octanol–water partition coefficient (Wildman–Crippen LogP) is 3.56. The van der Waals surface area contributed by atoms with Gasteiger partial charge in [0, 0.05) is 36.2 Å². The first kappa shape index (κ1) is 19.4. The quantitative estimate of drug-likeness (QED) is 0.711.